The van der Waals surface area contributed by atoms with Gasteiger partial charge >= 0.3 is 6.03 Å². The lowest BCUT2D eigenvalue weighted by molar-refractivity contribution is 0.240. The Labute approximate surface area is 213 Å². The molecule has 2 aliphatic heterocycles. The van der Waals surface area contributed by atoms with Crippen LogP contribution in [-0.2, 0) is 32.5 Å². The predicted octanol–water partition coefficient (Wildman–Crippen LogP) is 3.37. The second-order valence-corrected chi connectivity index (χ2v) is 9.72. The van der Waals surface area contributed by atoms with Crippen molar-refractivity contribution in [2.75, 3.05) is 37.6 Å². The number of aryl methyl sites for hydroxylation is 1. The van der Waals surface area contributed by atoms with Crippen molar-refractivity contribution in [3.8, 4) is 0 Å². The molecule has 2 N–H and O–H groups in total. The first-order valence-corrected chi connectivity index (χ1v) is 13.3. The minimum atomic E-state index is -0.142. The number of benzene rings is 2. The van der Waals surface area contributed by atoms with Gasteiger partial charge in [0, 0.05) is 70.9 Å². The molecule has 1 aromatic heterocycles. The molecule has 3 heterocycles. The van der Waals surface area contributed by atoms with Gasteiger partial charge in [-0.2, -0.15) is 0 Å². The van der Waals surface area contributed by atoms with E-state index in [1.807, 2.05) is 6.07 Å². The van der Waals surface area contributed by atoms with Crippen molar-refractivity contribution in [1.82, 2.24) is 30.3 Å². The minimum absolute atomic E-state index is 0.142. The molecule has 0 spiro atoms. The number of fused-ring (bicyclic) bond motifs is 1. The van der Waals surface area contributed by atoms with Gasteiger partial charge in [-0.15, -0.1) is 10.2 Å². The minimum Gasteiger partial charge on any atom is -0.369 e. The van der Waals surface area contributed by atoms with Crippen LogP contribution < -0.4 is 15.5 Å². The summed E-state index contributed by atoms with van der Waals surface area (Å²) in [5, 5.41) is 14.7. The van der Waals surface area contributed by atoms with Gasteiger partial charge < -0.3 is 20.1 Å². The number of hydrogen-bond donors (Lipinski definition) is 2. The maximum absolute atomic E-state index is 12.5. The van der Waals surface area contributed by atoms with Crippen molar-refractivity contribution in [3.05, 3.63) is 77.4 Å². The standard InChI is InChI=1S/C28H37N7O/c36-28(29-15-14-27-32-31-26-13-5-2-8-16-35(26)27)30-21-23-9-6-7-10-24(23)22-33-17-19-34(20-18-33)25-11-3-1-4-12-25/h1,3-4,6-7,9-12H,2,5,8,13-22H2,(H2,29,30,36). The molecule has 0 atom stereocenters. The van der Waals surface area contributed by atoms with Gasteiger partial charge in [-0.25, -0.2) is 4.79 Å². The number of para-hydroxylation sites is 1. The van der Waals surface area contributed by atoms with Gasteiger partial charge in [0.15, 0.2) is 0 Å². The van der Waals surface area contributed by atoms with Crippen molar-refractivity contribution >= 4 is 11.7 Å². The van der Waals surface area contributed by atoms with Gasteiger partial charge in [-0.1, -0.05) is 48.9 Å². The van der Waals surface area contributed by atoms with E-state index < -0.39 is 0 Å². The molecular weight excluding hydrogens is 450 g/mol. The van der Waals surface area contributed by atoms with Gasteiger partial charge in [0.05, 0.1) is 0 Å². The molecule has 5 rings (SSSR count). The summed E-state index contributed by atoms with van der Waals surface area (Å²) in [6, 6.07) is 18.9. The third-order valence-corrected chi connectivity index (χ3v) is 7.27. The highest BCUT2D eigenvalue weighted by Gasteiger charge is 2.18. The monoisotopic (exact) mass is 487 g/mol. The third kappa shape index (κ3) is 6.23. The zero-order chi connectivity index (χ0) is 24.6. The van der Waals surface area contributed by atoms with Crippen LogP contribution >= 0.6 is 0 Å². The molecule has 0 aliphatic carbocycles. The van der Waals surface area contributed by atoms with Crippen molar-refractivity contribution in [3.63, 3.8) is 0 Å². The van der Waals surface area contributed by atoms with Crippen LogP contribution in [0.4, 0.5) is 10.5 Å². The van der Waals surface area contributed by atoms with Gasteiger partial charge in [-0.05, 0) is 36.1 Å². The molecule has 0 radical (unpaired) electrons. The zero-order valence-electron chi connectivity index (χ0n) is 21.0. The Morgan fingerprint density at radius 3 is 2.42 bits per heavy atom. The third-order valence-electron chi connectivity index (χ3n) is 7.27. The summed E-state index contributed by atoms with van der Waals surface area (Å²) < 4.78 is 2.24. The van der Waals surface area contributed by atoms with E-state index in [1.54, 1.807) is 0 Å². The van der Waals surface area contributed by atoms with Crippen molar-refractivity contribution in [2.24, 2.45) is 0 Å². The van der Waals surface area contributed by atoms with Crippen LogP contribution in [0.1, 0.15) is 42.0 Å². The molecule has 1 fully saturated rings. The number of carbonyl (C=O) groups excluding carboxylic acids is 1. The molecule has 8 nitrogen and oxygen atoms in total. The van der Waals surface area contributed by atoms with Crippen LogP contribution in [0.3, 0.4) is 0 Å². The maximum Gasteiger partial charge on any atom is 0.315 e. The highest BCUT2D eigenvalue weighted by molar-refractivity contribution is 5.73. The number of piperazine rings is 1. The Hall–Kier alpha value is -3.39. The Morgan fingerprint density at radius 1 is 0.806 bits per heavy atom. The molecule has 0 unspecified atom stereocenters. The average molecular weight is 488 g/mol. The summed E-state index contributed by atoms with van der Waals surface area (Å²) >= 11 is 0. The number of rotatable bonds is 8. The van der Waals surface area contributed by atoms with Gasteiger partial charge in [-0.3, -0.25) is 4.90 Å². The van der Waals surface area contributed by atoms with Crippen LogP contribution in [0.5, 0.6) is 0 Å². The molecule has 1 saturated heterocycles. The van der Waals surface area contributed by atoms with Crippen molar-refractivity contribution in [1.29, 1.82) is 0 Å². The molecule has 3 aromatic rings. The van der Waals surface area contributed by atoms with Crippen LogP contribution in [0.2, 0.25) is 0 Å². The van der Waals surface area contributed by atoms with Crippen molar-refractivity contribution < 1.29 is 4.79 Å². The molecule has 36 heavy (non-hydrogen) atoms. The van der Waals surface area contributed by atoms with E-state index in [4.69, 9.17) is 0 Å². The summed E-state index contributed by atoms with van der Waals surface area (Å²) in [6.07, 6.45) is 5.31. The number of nitrogens with zero attached hydrogens (tertiary/aromatic N) is 5. The average Bonchev–Trinajstić information content (AvgIpc) is 3.14. The fraction of sp³-hybridized carbons (Fsp3) is 0.464. The highest BCUT2D eigenvalue weighted by atomic mass is 16.2. The van der Waals surface area contributed by atoms with Gasteiger partial charge in [0.2, 0.25) is 0 Å². The van der Waals surface area contributed by atoms with E-state index in [1.165, 1.54) is 36.1 Å². The first kappa shape index (κ1) is 24.3. The zero-order valence-corrected chi connectivity index (χ0v) is 21.0. The first-order valence-electron chi connectivity index (χ1n) is 13.3. The molecule has 2 aromatic carbocycles. The number of carbonyl (C=O) groups is 1. The molecule has 0 bridgehead atoms. The number of anilines is 1. The summed E-state index contributed by atoms with van der Waals surface area (Å²) in [5.74, 6) is 2.06. The summed E-state index contributed by atoms with van der Waals surface area (Å²) in [4.78, 5) is 17.4. The van der Waals surface area contributed by atoms with Crippen molar-refractivity contribution in [2.45, 2.75) is 51.7 Å². The second-order valence-electron chi connectivity index (χ2n) is 9.72. The topological polar surface area (TPSA) is 78.3 Å². The lowest BCUT2D eigenvalue weighted by Gasteiger charge is -2.36. The summed E-state index contributed by atoms with van der Waals surface area (Å²) in [7, 11) is 0. The van der Waals surface area contributed by atoms with Crippen LogP contribution in [0.15, 0.2) is 54.6 Å². The van der Waals surface area contributed by atoms with E-state index >= 15 is 0 Å². The Bertz CT molecular complexity index is 1120. The fourth-order valence-electron chi connectivity index (χ4n) is 5.18. The molecule has 2 amide bonds. The normalized spacial score (nSPS) is 16.3. The Morgan fingerprint density at radius 2 is 1.58 bits per heavy atom. The lowest BCUT2D eigenvalue weighted by Crippen LogP contribution is -2.46. The number of nitrogens with one attached hydrogen (secondary N) is 2. The van der Waals surface area contributed by atoms with E-state index in [0.29, 0.717) is 19.5 Å². The summed E-state index contributed by atoms with van der Waals surface area (Å²) in [6.45, 7) is 7.09. The van der Waals surface area contributed by atoms with Crippen LogP contribution in [-0.4, -0.2) is 58.4 Å². The van der Waals surface area contributed by atoms with Crippen LogP contribution in [0, 0.1) is 0 Å². The van der Waals surface area contributed by atoms with E-state index in [-0.39, 0.29) is 6.03 Å². The number of amides is 2. The Kier molecular flexibility index (Phi) is 8.13. The molecular formula is C28H37N7O. The van der Waals surface area contributed by atoms with E-state index in [2.05, 4.69) is 83.7 Å². The van der Waals surface area contributed by atoms with Crippen LogP contribution in [0.25, 0.3) is 0 Å². The Balaban J connectivity index is 1.07. The van der Waals surface area contributed by atoms with Gasteiger partial charge in [0.25, 0.3) is 0 Å². The first-order chi connectivity index (χ1) is 17.8. The molecule has 0 saturated carbocycles. The largest absolute Gasteiger partial charge is 0.369 e. The number of hydrogen-bond acceptors (Lipinski definition) is 5. The SMILES string of the molecule is O=C(NCCc1nnc2n1CCCCC2)NCc1ccccc1CN1CCN(c2ccccc2)CC1. The van der Waals surface area contributed by atoms with E-state index in [9.17, 15) is 4.79 Å². The van der Waals surface area contributed by atoms with Gasteiger partial charge in [0.1, 0.15) is 11.6 Å². The molecule has 190 valence electrons. The quantitative estimate of drug-likeness (QED) is 0.509. The molecule has 2 aliphatic rings. The van der Waals surface area contributed by atoms with E-state index in [0.717, 1.165) is 57.3 Å². The lowest BCUT2D eigenvalue weighted by atomic mass is 10.1. The highest BCUT2D eigenvalue weighted by Crippen LogP contribution is 2.18. The fourth-order valence-corrected chi connectivity index (χ4v) is 5.18. The predicted molar refractivity (Wildman–Crippen MR) is 142 cm³/mol. The second kappa shape index (κ2) is 12.0. The number of urea groups is 1. The maximum atomic E-state index is 12.5. The smallest absolute Gasteiger partial charge is 0.315 e. The molecule has 8 heteroatoms. The summed E-state index contributed by atoms with van der Waals surface area (Å²) in [5.41, 5.74) is 3.74. The number of aromatic nitrogens is 3.